The standard InChI is InChI=1S/C30H31N5O5/c1-39-27-13-12-25(32-33-27)19-6-10-24(11-7-19)40-26-15-20(4-5-21(26)17-34-14-2-3-28(34)36)30(38)31-22-16-29(37)35(18-22)23-8-9-23/h4-7,10-13,15,22-23H,2-3,8-9,14,16-18H2,1H3,(H,31,38). The highest BCUT2D eigenvalue weighted by molar-refractivity contribution is 5.95. The quantitative estimate of drug-likeness (QED) is 0.441. The summed E-state index contributed by atoms with van der Waals surface area (Å²) >= 11 is 0. The van der Waals surface area contributed by atoms with Gasteiger partial charge in [-0.05, 0) is 61.7 Å². The number of rotatable bonds is 9. The van der Waals surface area contributed by atoms with Gasteiger partial charge in [0.15, 0.2) is 0 Å². The molecule has 3 heterocycles. The number of likely N-dealkylation sites (tertiary alicyclic amines) is 2. The number of methoxy groups -OCH3 is 1. The fraction of sp³-hybridized carbons (Fsp3) is 0.367. The van der Waals surface area contributed by atoms with E-state index in [0.717, 1.165) is 30.4 Å². The van der Waals surface area contributed by atoms with Crippen LogP contribution in [0.1, 0.15) is 48.0 Å². The lowest BCUT2D eigenvalue weighted by Crippen LogP contribution is -2.37. The van der Waals surface area contributed by atoms with Crippen LogP contribution in [0, 0.1) is 0 Å². The highest BCUT2D eigenvalue weighted by atomic mass is 16.5. The Morgan fingerprint density at radius 1 is 1.02 bits per heavy atom. The number of benzene rings is 2. The van der Waals surface area contributed by atoms with Crippen molar-refractivity contribution in [3.8, 4) is 28.6 Å². The van der Waals surface area contributed by atoms with Crippen LogP contribution in [0.2, 0.25) is 0 Å². The maximum Gasteiger partial charge on any atom is 0.251 e. The minimum absolute atomic E-state index is 0.103. The number of hydrogen-bond acceptors (Lipinski definition) is 7. The molecule has 1 saturated carbocycles. The predicted molar refractivity (Wildman–Crippen MR) is 146 cm³/mol. The van der Waals surface area contributed by atoms with E-state index in [1.165, 1.54) is 0 Å². The summed E-state index contributed by atoms with van der Waals surface area (Å²) in [6, 6.07) is 16.4. The first kappa shape index (κ1) is 25.8. The van der Waals surface area contributed by atoms with E-state index in [0.29, 0.717) is 67.2 Å². The van der Waals surface area contributed by atoms with Gasteiger partial charge in [0.05, 0.1) is 18.8 Å². The summed E-state index contributed by atoms with van der Waals surface area (Å²) in [6.07, 6.45) is 3.80. The molecule has 1 aromatic heterocycles. The summed E-state index contributed by atoms with van der Waals surface area (Å²) in [6.45, 7) is 1.66. The van der Waals surface area contributed by atoms with Crippen LogP contribution in [0.25, 0.3) is 11.3 Å². The Kier molecular flexibility index (Phi) is 7.06. The van der Waals surface area contributed by atoms with Crippen LogP contribution in [0.4, 0.5) is 0 Å². The van der Waals surface area contributed by atoms with Crippen molar-refractivity contribution in [3.05, 3.63) is 65.7 Å². The van der Waals surface area contributed by atoms with E-state index < -0.39 is 0 Å². The molecule has 3 fully saturated rings. The van der Waals surface area contributed by atoms with Crippen molar-refractivity contribution in [1.29, 1.82) is 0 Å². The number of ether oxygens (including phenoxy) is 2. The first-order valence-electron chi connectivity index (χ1n) is 13.6. The van der Waals surface area contributed by atoms with E-state index in [9.17, 15) is 14.4 Å². The van der Waals surface area contributed by atoms with Crippen molar-refractivity contribution in [3.63, 3.8) is 0 Å². The highest BCUT2D eigenvalue weighted by Gasteiger charge is 2.39. The maximum absolute atomic E-state index is 13.2. The van der Waals surface area contributed by atoms with Crippen LogP contribution in [-0.4, -0.2) is 70.0 Å². The first-order valence-corrected chi connectivity index (χ1v) is 13.6. The summed E-state index contributed by atoms with van der Waals surface area (Å²) < 4.78 is 11.4. The zero-order valence-electron chi connectivity index (χ0n) is 22.3. The summed E-state index contributed by atoms with van der Waals surface area (Å²) in [5.41, 5.74) is 2.82. The third-order valence-electron chi connectivity index (χ3n) is 7.57. The molecule has 1 aliphatic carbocycles. The van der Waals surface area contributed by atoms with Gasteiger partial charge < -0.3 is 24.6 Å². The van der Waals surface area contributed by atoms with Crippen molar-refractivity contribution in [2.75, 3.05) is 20.2 Å². The van der Waals surface area contributed by atoms with Crippen LogP contribution in [-0.2, 0) is 16.1 Å². The maximum atomic E-state index is 13.2. The van der Waals surface area contributed by atoms with E-state index >= 15 is 0 Å². The molecule has 10 nitrogen and oxygen atoms in total. The van der Waals surface area contributed by atoms with Gasteiger partial charge in [-0.25, -0.2) is 0 Å². The molecule has 2 aliphatic heterocycles. The number of amides is 3. The van der Waals surface area contributed by atoms with Gasteiger partial charge in [0, 0.05) is 61.3 Å². The number of aromatic nitrogens is 2. The minimum atomic E-state index is -0.252. The number of carbonyl (C=O) groups excluding carboxylic acids is 3. The van der Waals surface area contributed by atoms with Gasteiger partial charge >= 0.3 is 0 Å². The zero-order chi connectivity index (χ0) is 27.6. The van der Waals surface area contributed by atoms with E-state index in [-0.39, 0.29) is 23.8 Å². The second-order valence-corrected chi connectivity index (χ2v) is 10.5. The van der Waals surface area contributed by atoms with Crippen LogP contribution in [0.15, 0.2) is 54.6 Å². The Bertz CT molecular complexity index is 1420. The summed E-state index contributed by atoms with van der Waals surface area (Å²) in [5.74, 6) is 1.49. The average molecular weight is 542 g/mol. The van der Waals surface area contributed by atoms with Crippen LogP contribution in [0.3, 0.4) is 0 Å². The van der Waals surface area contributed by atoms with Crippen molar-refractivity contribution < 1.29 is 23.9 Å². The molecule has 3 amide bonds. The van der Waals surface area contributed by atoms with Gasteiger partial charge in [0.1, 0.15) is 11.5 Å². The molecule has 1 unspecified atom stereocenters. The molecule has 1 atom stereocenters. The van der Waals surface area contributed by atoms with Crippen molar-refractivity contribution in [1.82, 2.24) is 25.3 Å². The van der Waals surface area contributed by atoms with Gasteiger partial charge in [-0.1, -0.05) is 6.07 Å². The number of carbonyl (C=O) groups is 3. The molecule has 3 aromatic rings. The topological polar surface area (TPSA) is 114 Å². The fourth-order valence-electron chi connectivity index (χ4n) is 5.24. The van der Waals surface area contributed by atoms with Gasteiger partial charge in [-0.2, -0.15) is 0 Å². The molecule has 206 valence electrons. The third kappa shape index (κ3) is 5.61. The molecule has 3 aliphatic rings. The smallest absolute Gasteiger partial charge is 0.251 e. The predicted octanol–water partition coefficient (Wildman–Crippen LogP) is 3.56. The molecule has 6 rings (SSSR count). The SMILES string of the molecule is COc1ccc(-c2ccc(Oc3cc(C(=O)NC4CC(=O)N(C5CC5)C4)ccc3CN3CCCC3=O)cc2)nn1. The normalized spacial score (nSPS) is 18.8. The van der Waals surface area contributed by atoms with E-state index in [4.69, 9.17) is 9.47 Å². The largest absolute Gasteiger partial charge is 0.480 e. The lowest BCUT2D eigenvalue weighted by Gasteiger charge is -2.20. The summed E-state index contributed by atoms with van der Waals surface area (Å²) in [4.78, 5) is 41.5. The molecule has 40 heavy (non-hydrogen) atoms. The van der Waals surface area contributed by atoms with Crippen LogP contribution < -0.4 is 14.8 Å². The number of hydrogen-bond donors (Lipinski definition) is 1. The first-order chi connectivity index (χ1) is 19.5. The van der Waals surface area contributed by atoms with E-state index in [1.807, 2.05) is 46.2 Å². The van der Waals surface area contributed by atoms with Crippen LogP contribution in [0.5, 0.6) is 17.4 Å². The van der Waals surface area contributed by atoms with Crippen molar-refractivity contribution >= 4 is 17.7 Å². The minimum Gasteiger partial charge on any atom is -0.480 e. The Morgan fingerprint density at radius 2 is 1.85 bits per heavy atom. The highest BCUT2D eigenvalue weighted by Crippen LogP contribution is 2.32. The van der Waals surface area contributed by atoms with Crippen molar-refractivity contribution in [2.24, 2.45) is 0 Å². The lowest BCUT2D eigenvalue weighted by atomic mass is 10.1. The molecular weight excluding hydrogens is 510 g/mol. The summed E-state index contributed by atoms with van der Waals surface area (Å²) in [7, 11) is 1.54. The van der Waals surface area contributed by atoms with Gasteiger partial charge in [-0.3, -0.25) is 14.4 Å². The molecule has 0 spiro atoms. The van der Waals surface area contributed by atoms with Gasteiger partial charge in [-0.15, -0.1) is 10.2 Å². The second kappa shape index (κ2) is 11.0. The Balaban J connectivity index is 1.20. The monoisotopic (exact) mass is 541 g/mol. The molecule has 0 bridgehead atoms. The van der Waals surface area contributed by atoms with E-state index in [2.05, 4.69) is 15.5 Å². The molecular formula is C30H31N5O5. The Morgan fingerprint density at radius 3 is 2.52 bits per heavy atom. The molecule has 10 heteroatoms. The number of nitrogens with zero attached hydrogens (tertiary/aromatic N) is 4. The molecule has 0 radical (unpaired) electrons. The molecule has 1 N–H and O–H groups in total. The third-order valence-corrected chi connectivity index (χ3v) is 7.57. The second-order valence-electron chi connectivity index (χ2n) is 10.5. The Hall–Kier alpha value is -4.47. The van der Waals surface area contributed by atoms with Gasteiger partial charge in [0.25, 0.3) is 5.91 Å². The Labute approximate surface area is 232 Å². The molecule has 2 aromatic carbocycles. The summed E-state index contributed by atoms with van der Waals surface area (Å²) in [5, 5.41) is 11.2. The van der Waals surface area contributed by atoms with Crippen LogP contribution >= 0.6 is 0 Å². The lowest BCUT2D eigenvalue weighted by molar-refractivity contribution is -0.129. The van der Waals surface area contributed by atoms with Crippen molar-refractivity contribution in [2.45, 2.75) is 50.7 Å². The fourth-order valence-corrected chi connectivity index (χ4v) is 5.24. The van der Waals surface area contributed by atoms with E-state index in [1.54, 1.807) is 25.3 Å². The average Bonchev–Trinajstić information content (AvgIpc) is 3.64. The molecule has 2 saturated heterocycles. The number of nitrogens with one attached hydrogen (secondary N) is 1. The van der Waals surface area contributed by atoms with Gasteiger partial charge in [0.2, 0.25) is 17.7 Å². The zero-order valence-corrected chi connectivity index (χ0v) is 22.3.